The Morgan fingerprint density at radius 1 is 1.00 bits per heavy atom. The number of ether oxygens (including phenoxy) is 2. The van der Waals surface area contributed by atoms with Gasteiger partial charge in [-0.1, -0.05) is 12.1 Å². The first kappa shape index (κ1) is 18.8. The van der Waals surface area contributed by atoms with Gasteiger partial charge in [-0.3, -0.25) is 0 Å². The van der Waals surface area contributed by atoms with Gasteiger partial charge in [0.05, 0.1) is 11.2 Å². The average molecular weight is 368 g/mol. The van der Waals surface area contributed by atoms with Crippen LogP contribution in [-0.2, 0) is 26.9 Å². The molecule has 2 aliphatic rings. The van der Waals surface area contributed by atoms with E-state index in [0.717, 1.165) is 24.1 Å². The first-order valence-electron chi connectivity index (χ1n) is 9.88. The van der Waals surface area contributed by atoms with Crippen molar-refractivity contribution < 1.29 is 18.8 Å². The van der Waals surface area contributed by atoms with Crippen LogP contribution in [0.25, 0.3) is 10.8 Å². The zero-order valence-electron chi connectivity index (χ0n) is 17.1. The van der Waals surface area contributed by atoms with Gasteiger partial charge in [0.1, 0.15) is 5.75 Å². The summed E-state index contributed by atoms with van der Waals surface area (Å²) in [5.74, 6) is 0.782. The maximum absolute atomic E-state index is 6.40. The quantitative estimate of drug-likeness (QED) is 0.604. The van der Waals surface area contributed by atoms with Crippen molar-refractivity contribution in [3.63, 3.8) is 0 Å². The second-order valence-electron chi connectivity index (χ2n) is 8.66. The molecule has 1 aliphatic carbocycles. The number of hydrogen-bond acceptors (Lipinski definition) is 4. The lowest BCUT2D eigenvalue weighted by molar-refractivity contribution is 0.00578. The summed E-state index contributed by atoms with van der Waals surface area (Å²) in [6.45, 7) is 8.59. The fourth-order valence-electron chi connectivity index (χ4n) is 4.09. The first-order valence-corrected chi connectivity index (χ1v) is 9.88. The van der Waals surface area contributed by atoms with E-state index in [2.05, 4.69) is 52.0 Å². The summed E-state index contributed by atoms with van der Waals surface area (Å²) in [6.07, 6.45) is 4.75. The minimum absolute atomic E-state index is 0.221. The van der Waals surface area contributed by atoms with Crippen molar-refractivity contribution in [2.24, 2.45) is 0 Å². The Labute approximate surface area is 162 Å². The van der Waals surface area contributed by atoms with E-state index in [0.29, 0.717) is 0 Å². The van der Waals surface area contributed by atoms with Gasteiger partial charge in [-0.15, -0.1) is 0 Å². The molecule has 0 aromatic heterocycles. The first-order chi connectivity index (χ1) is 12.8. The van der Waals surface area contributed by atoms with Crippen molar-refractivity contribution >= 4 is 23.4 Å². The fourth-order valence-corrected chi connectivity index (χ4v) is 4.09. The fraction of sp³-hybridized carbons (Fsp3) is 0.545. The summed E-state index contributed by atoms with van der Waals surface area (Å²) in [5.41, 5.74) is 3.22. The van der Waals surface area contributed by atoms with E-state index in [1.54, 1.807) is 7.11 Å². The standard InChI is InChI=1S/C22H29BO4/c1-21(2)22(3,4)27-23(26-21)19-13-17(25-14-24-5)12-16-11-10-15-8-6-7-9-18(15)20(16)19/h10-13H,6-9,14H2,1-5H3. The Hall–Kier alpha value is -1.56. The predicted octanol–water partition coefficient (Wildman–Crippen LogP) is 4.00. The number of benzene rings is 2. The molecular formula is C22H29BO4. The van der Waals surface area contributed by atoms with E-state index >= 15 is 0 Å². The Morgan fingerprint density at radius 2 is 1.70 bits per heavy atom. The highest BCUT2D eigenvalue weighted by molar-refractivity contribution is 6.65. The molecule has 0 radical (unpaired) electrons. The Morgan fingerprint density at radius 3 is 2.41 bits per heavy atom. The SMILES string of the molecule is COCOc1cc(B2OC(C)(C)C(C)(C)O2)c2c3c(ccc2c1)CCCC3. The van der Waals surface area contributed by atoms with Crippen LogP contribution in [0.4, 0.5) is 0 Å². The molecule has 0 saturated carbocycles. The number of aryl methyl sites for hydroxylation is 2. The second-order valence-corrected chi connectivity index (χ2v) is 8.66. The molecule has 1 fully saturated rings. The molecule has 1 saturated heterocycles. The number of fused-ring (bicyclic) bond motifs is 3. The maximum atomic E-state index is 6.40. The van der Waals surface area contributed by atoms with Crippen LogP contribution in [0.15, 0.2) is 24.3 Å². The molecule has 0 N–H and O–H groups in total. The molecular weight excluding hydrogens is 339 g/mol. The summed E-state index contributed by atoms with van der Waals surface area (Å²) in [6, 6.07) is 8.63. The van der Waals surface area contributed by atoms with Gasteiger partial charge >= 0.3 is 7.12 Å². The third kappa shape index (κ3) is 3.26. The molecule has 0 unspecified atom stereocenters. The monoisotopic (exact) mass is 368 g/mol. The van der Waals surface area contributed by atoms with Crippen molar-refractivity contribution in [2.75, 3.05) is 13.9 Å². The second kappa shape index (κ2) is 6.80. The number of rotatable bonds is 4. The summed E-state index contributed by atoms with van der Waals surface area (Å²) in [7, 11) is 1.23. The van der Waals surface area contributed by atoms with Crippen LogP contribution in [0.2, 0.25) is 0 Å². The van der Waals surface area contributed by atoms with Crippen LogP contribution in [-0.4, -0.2) is 32.2 Å². The zero-order chi connectivity index (χ0) is 19.2. The molecule has 0 amide bonds. The van der Waals surface area contributed by atoms with Crippen molar-refractivity contribution in [2.45, 2.75) is 64.6 Å². The van der Waals surface area contributed by atoms with Crippen molar-refractivity contribution in [3.05, 3.63) is 35.4 Å². The van der Waals surface area contributed by atoms with Crippen LogP contribution in [0.3, 0.4) is 0 Å². The third-order valence-electron chi connectivity index (χ3n) is 6.30. The lowest BCUT2D eigenvalue weighted by Gasteiger charge is -2.32. The van der Waals surface area contributed by atoms with E-state index in [1.807, 2.05) is 0 Å². The van der Waals surface area contributed by atoms with Gasteiger partial charge in [0.2, 0.25) is 0 Å². The van der Waals surface area contributed by atoms with Crippen LogP contribution in [0.5, 0.6) is 5.75 Å². The van der Waals surface area contributed by atoms with Gasteiger partial charge in [-0.25, -0.2) is 0 Å². The van der Waals surface area contributed by atoms with Crippen LogP contribution in [0, 0.1) is 0 Å². The van der Waals surface area contributed by atoms with Crippen molar-refractivity contribution in [1.82, 2.24) is 0 Å². The molecule has 0 bridgehead atoms. The number of methoxy groups -OCH3 is 1. The largest absolute Gasteiger partial charge is 0.495 e. The third-order valence-corrected chi connectivity index (χ3v) is 6.30. The molecule has 2 aromatic rings. The van der Waals surface area contributed by atoms with Gasteiger partial charge in [0.25, 0.3) is 0 Å². The average Bonchev–Trinajstić information content (AvgIpc) is 2.86. The van der Waals surface area contributed by atoms with Crippen LogP contribution >= 0.6 is 0 Å². The van der Waals surface area contributed by atoms with Gasteiger partial charge < -0.3 is 18.8 Å². The molecule has 0 atom stereocenters. The molecule has 4 nitrogen and oxygen atoms in total. The van der Waals surface area contributed by atoms with E-state index < -0.39 is 7.12 Å². The van der Waals surface area contributed by atoms with Crippen molar-refractivity contribution in [1.29, 1.82) is 0 Å². The molecule has 144 valence electrons. The highest BCUT2D eigenvalue weighted by atomic mass is 16.7. The molecule has 5 heteroatoms. The summed E-state index contributed by atoms with van der Waals surface area (Å²) >= 11 is 0. The minimum atomic E-state index is -0.406. The predicted molar refractivity (Wildman–Crippen MR) is 109 cm³/mol. The van der Waals surface area contributed by atoms with Gasteiger partial charge in [0.15, 0.2) is 6.79 Å². The molecule has 0 spiro atoms. The summed E-state index contributed by atoms with van der Waals surface area (Å²) in [4.78, 5) is 0. The van der Waals surface area contributed by atoms with Gasteiger partial charge in [0, 0.05) is 7.11 Å². The van der Waals surface area contributed by atoms with E-state index in [1.165, 1.54) is 34.7 Å². The van der Waals surface area contributed by atoms with Crippen molar-refractivity contribution in [3.8, 4) is 5.75 Å². The summed E-state index contributed by atoms with van der Waals surface area (Å²) in [5, 5.41) is 2.45. The molecule has 1 aliphatic heterocycles. The lowest BCUT2D eigenvalue weighted by atomic mass is 9.73. The molecule has 1 heterocycles. The minimum Gasteiger partial charge on any atom is -0.468 e. The zero-order valence-corrected chi connectivity index (χ0v) is 17.1. The molecule has 4 rings (SSSR count). The van der Waals surface area contributed by atoms with E-state index in [9.17, 15) is 0 Å². The molecule has 2 aromatic carbocycles. The summed E-state index contributed by atoms with van der Waals surface area (Å²) < 4.78 is 23.7. The smallest absolute Gasteiger partial charge is 0.468 e. The lowest BCUT2D eigenvalue weighted by Crippen LogP contribution is -2.41. The van der Waals surface area contributed by atoms with Gasteiger partial charge in [-0.2, -0.15) is 0 Å². The highest BCUT2D eigenvalue weighted by Gasteiger charge is 2.52. The van der Waals surface area contributed by atoms with E-state index in [4.69, 9.17) is 18.8 Å². The number of hydrogen-bond donors (Lipinski definition) is 0. The maximum Gasteiger partial charge on any atom is 0.495 e. The highest BCUT2D eigenvalue weighted by Crippen LogP contribution is 2.38. The topological polar surface area (TPSA) is 36.9 Å². The Bertz CT molecular complexity index is 843. The van der Waals surface area contributed by atoms with E-state index in [-0.39, 0.29) is 18.0 Å². The van der Waals surface area contributed by atoms with Crippen LogP contribution < -0.4 is 10.2 Å². The normalized spacial score (nSPS) is 20.7. The van der Waals surface area contributed by atoms with Gasteiger partial charge in [-0.05, 0) is 92.9 Å². The molecule has 27 heavy (non-hydrogen) atoms. The Balaban J connectivity index is 1.88. The van der Waals surface area contributed by atoms with Crippen LogP contribution in [0.1, 0.15) is 51.7 Å². The Kier molecular flexibility index (Phi) is 4.73.